The van der Waals surface area contributed by atoms with Crippen molar-refractivity contribution in [3.05, 3.63) is 0 Å². The topological polar surface area (TPSA) is 35.0 Å². The molecule has 0 aliphatic carbocycles. The molecule has 0 atom stereocenters. The number of hydrogen-bond donors (Lipinski definition) is 1. The summed E-state index contributed by atoms with van der Waals surface area (Å²) in [5, 5.41) is 0. The van der Waals surface area contributed by atoms with Crippen molar-refractivity contribution >= 4 is 49.7 Å². The standard InChI is InChI=1S/B.GeH4.H3N.H2Te/h;1H4;1H3;1H2. The van der Waals surface area contributed by atoms with Crippen LogP contribution in [-0.4, -0.2) is 49.7 Å². The summed E-state index contributed by atoms with van der Waals surface area (Å²) < 4.78 is 0. The van der Waals surface area contributed by atoms with Crippen molar-refractivity contribution in [3.8, 4) is 0 Å². The molecular formula is H9BGeNTe. The van der Waals surface area contributed by atoms with Gasteiger partial charge in [0.15, 0.2) is 0 Å². The Morgan fingerprint density at radius 1 is 1.00 bits per heavy atom. The summed E-state index contributed by atoms with van der Waals surface area (Å²) in [4.78, 5) is 0. The first-order valence-corrected chi connectivity index (χ1v) is 0. The second-order valence-corrected chi connectivity index (χ2v) is 0. The van der Waals surface area contributed by atoms with Crippen LogP contribution in [0.25, 0.3) is 0 Å². The second kappa shape index (κ2) is 26.7. The summed E-state index contributed by atoms with van der Waals surface area (Å²) in [6.07, 6.45) is 0. The van der Waals surface area contributed by atoms with E-state index in [4.69, 9.17) is 0 Å². The van der Waals surface area contributed by atoms with E-state index in [2.05, 4.69) is 0 Å². The molecule has 0 aromatic rings. The van der Waals surface area contributed by atoms with Crippen LogP contribution >= 0.6 is 0 Å². The zero-order valence-corrected chi connectivity index (χ0v) is 4.64. The van der Waals surface area contributed by atoms with Gasteiger partial charge in [-0.2, -0.15) is 0 Å². The van der Waals surface area contributed by atoms with Crippen LogP contribution in [0, 0.1) is 0 Å². The molecule has 0 aliphatic rings. The van der Waals surface area contributed by atoms with E-state index >= 15 is 0 Å². The number of hydrogen-bond acceptors (Lipinski definition) is 1. The van der Waals surface area contributed by atoms with Gasteiger partial charge in [0.25, 0.3) is 0 Å². The Balaban J connectivity index is 0. The molecule has 0 saturated heterocycles. The summed E-state index contributed by atoms with van der Waals surface area (Å²) in [6, 6.07) is 0. The maximum atomic E-state index is 0. The fourth-order valence-corrected chi connectivity index (χ4v) is 0. The van der Waals surface area contributed by atoms with Crippen LogP contribution in [0.3, 0.4) is 0 Å². The molecular weight excluding hydrogens is 225 g/mol. The van der Waals surface area contributed by atoms with Gasteiger partial charge >= 0.3 is 41.3 Å². The molecule has 0 heterocycles. The van der Waals surface area contributed by atoms with Crippen molar-refractivity contribution in [3.63, 3.8) is 0 Å². The average Bonchev–Trinajstić information content (AvgIpc) is 0. The molecule has 0 aromatic heterocycles. The van der Waals surface area contributed by atoms with E-state index in [1.54, 1.807) is 0 Å². The molecule has 0 aliphatic heterocycles. The Hall–Kier alpha value is 1.36. The molecule has 0 amide bonds. The first-order chi connectivity index (χ1) is 0. The quantitative estimate of drug-likeness (QED) is 0.459. The van der Waals surface area contributed by atoms with Gasteiger partial charge in [-0.05, 0) is 0 Å². The molecule has 4 heteroatoms. The molecule has 1 nitrogen and oxygen atoms in total. The van der Waals surface area contributed by atoms with Crippen molar-refractivity contribution in [2.45, 2.75) is 0 Å². The van der Waals surface area contributed by atoms with Crippen molar-refractivity contribution in [2.24, 2.45) is 0 Å². The van der Waals surface area contributed by atoms with Gasteiger partial charge < -0.3 is 6.15 Å². The normalized spacial score (nSPS) is 0. The van der Waals surface area contributed by atoms with E-state index in [1.807, 2.05) is 0 Å². The van der Waals surface area contributed by atoms with Gasteiger partial charge in [0.05, 0.1) is 0 Å². The molecule has 0 unspecified atom stereocenters. The third-order valence-electron chi connectivity index (χ3n) is 0. The predicted octanol–water partition coefficient (Wildman–Crippen LogP) is -2.59. The molecule has 27 valence electrons. The third-order valence-corrected chi connectivity index (χ3v) is 0. The van der Waals surface area contributed by atoms with E-state index in [1.165, 1.54) is 0 Å². The zero-order chi connectivity index (χ0) is 0. The fourth-order valence-electron chi connectivity index (χ4n) is 0. The van der Waals surface area contributed by atoms with E-state index < -0.39 is 0 Å². The summed E-state index contributed by atoms with van der Waals surface area (Å²) in [5.74, 6) is 0. The summed E-state index contributed by atoms with van der Waals surface area (Å²) in [7, 11) is 0. The van der Waals surface area contributed by atoms with Crippen molar-refractivity contribution in [2.75, 3.05) is 0 Å². The summed E-state index contributed by atoms with van der Waals surface area (Å²) >= 11 is 0. The average molecular weight is 234 g/mol. The van der Waals surface area contributed by atoms with Gasteiger partial charge in [-0.15, -0.1) is 0 Å². The molecule has 0 bridgehead atoms. The van der Waals surface area contributed by atoms with Crippen LogP contribution in [-0.2, 0) is 0 Å². The van der Waals surface area contributed by atoms with Crippen molar-refractivity contribution in [1.29, 1.82) is 0 Å². The molecule has 3 N–H and O–H groups in total. The third kappa shape index (κ3) is 10.1. The van der Waals surface area contributed by atoms with Crippen LogP contribution < -0.4 is 6.15 Å². The molecule has 0 rings (SSSR count). The van der Waals surface area contributed by atoms with Crippen LogP contribution in [0.2, 0.25) is 0 Å². The molecule has 4 heavy (non-hydrogen) atoms. The van der Waals surface area contributed by atoms with Gasteiger partial charge in [0, 0.05) is 8.41 Å². The Morgan fingerprint density at radius 2 is 1.00 bits per heavy atom. The van der Waals surface area contributed by atoms with Crippen molar-refractivity contribution in [1.82, 2.24) is 6.15 Å². The fraction of sp³-hybridized carbons (Fsp3) is 0. The van der Waals surface area contributed by atoms with Gasteiger partial charge in [-0.25, -0.2) is 0 Å². The number of rotatable bonds is 0. The van der Waals surface area contributed by atoms with Gasteiger partial charge in [0.2, 0.25) is 0 Å². The Morgan fingerprint density at radius 3 is 1.00 bits per heavy atom. The molecule has 0 aromatic carbocycles. The minimum absolute atomic E-state index is 0. The first-order valence-electron chi connectivity index (χ1n) is 0. The Bertz CT molecular complexity index is 8.00. The van der Waals surface area contributed by atoms with Crippen LogP contribution in [0.5, 0.6) is 0 Å². The van der Waals surface area contributed by atoms with E-state index in [0.717, 1.165) is 0 Å². The SMILES string of the molecule is N.[B].[GeH4].[TeH2]. The van der Waals surface area contributed by atoms with E-state index in [0.29, 0.717) is 0 Å². The van der Waals surface area contributed by atoms with Crippen molar-refractivity contribution < 1.29 is 0 Å². The Labute approximate surface area is 55.8 Å². The maximum absolute atomic E-state index is 0. The van der Waals surface area contributed by atoms with Gasteiger partial charge in [-0.3, -0.25) is 0 Å². The Kier molecular flexibility index (Phi) is 368. The molecule has 0 fully saturated rings. The van der Waals surface area contributed by atoms with Crippen LogP contribution in [0.1, 0.15) is 0 Å². The van der Waals surface area contributed by atoms with Gasteiger partial charge in [0.1, 0.15) is 0 Å². The summed E-state index contributed by atoms with van der Waals surface area (Å²) in [6.45, 7) is 0. The summed E-state index contributed by atoms with van der Waals surface area (Å²) in [5.41, 5.74) is 0. The van der Waals surface area contributed by atoms with Crippen LogP contribution in [0.4, 0.5) is 0 Å². The zero-order valence-electron chi connectivity index (χ0n) is 1.78. The van der Waals surface area contributed by atoms with E-state index in [-0.39, 0.29) is 55.8 Å². The monoisotopic (exact) mass is 238 g/mol. The molecule has 3 radical (unpaired) electrons. The van der Waals surface area contributed by atoms with Gasteiger partial charge in [-0.1, -0.05) is 0 Å². The molecule has 0 spiro atoms. The molecule has 0 saturated carbocycles. The second-order valence-electron chi connectivity index (χ2n) is 0. The first kappa shape index (κ1) is 55.2. The van der Waals surface area contributed by atoms with Crippen LogP contribution in [0.15, 0.2) is 0 Å². The minimum atomic E-state index is 0. The van der Waals surface area contributed by atoms with E-state index in [9.17, 15) is 0 Å². The predicted molar refractivity (Wildman–Crippen MR) is 30.7 cm³/mol.